The summed E-state index contributed by atoms with van der Waals surface area (Å²) in [6, 6.07) is 3.43. The SMILES string of the molecule is Cc1ccc(F)c([C@@H]2Nc3[nH]c(=O)n(C4CCCCC4)c(=O)c3C[C@H]2F)c1. The van der Waals surface area contributed by atoms with Gasteiger partial charge in [-0.05, 0) is 25.8 Å². The lowest BCUT2D eigenvalue weighted by Crippen LogP contribution is -2.44. The number of aryl methyl sites for hydroxylation is 1. The Balaban J connectivity index is 1.74. The largest absolute Gasteiger partial charge is 0.361 e. The molecule has 2 N–H and O–H groups in total. The van der Waals surface area contributed by atoms with Crippen LogP contribution in [0.2, 0.25) is 0 Å². The van der Waals surface area contributed by atoms with Gasteiger partial charge >= 0.3 is 5.69 Å². The summed E-state index contributed by atoms with van der Waals surface area (Å²) in [6.07, 6.45) is 3.01. The molecule has 2 atom stereocenters. The predicted molar refractivity (Wildman–Crippen MR) is 99.5 cm³/mol. The number of nitrogens with zero attached hydrogens (tertiary/aromatic N) is 1. The summed E-state index contributed by atoms with van der Waals surface area (Å²) in [5.41, 5.74) is 0.327. The highest BCUT2D eigenvalue weighted by atomic mass is 19.1. The van der Waals surface area contributed by atoms with E-state index < -0.39 is 29.3 Å². The van der Waals surface area contributed by atoms with E-state index in [0.29, 0.717) is 0 Å². The number of halogens is 2. The second-order valence-electron chi connectivity index (χ2n) is 7.62. The van der Waals surface area contributed by atoms with Crippen LogP contribution in [0, 0.1) is 12.7 Å². The van der Waals surface area contributed by atoms with E-state index in [4.69, 9.17) is 0 Å². The normalized spacial score (nSPS) is 22.9. The van der Waals surface area contributed by atoms with Crippen molar-refractivity contribution in [3.63, 3.8) is 0 Å². The van der Waals surface area contributed by atoms with E-state index in [1.54, 1.807) is 19.1 Å². The molecule has 144 valence electrons. The molecule has 0 unspecified atom stereocenters. The Morgan fingerprint density at radius 2 is 1.89 bits per heavy atom. The number of hydrogen-bond acceptors (Lipinski definition) is 3. The van der Waals surface area contributed by atoms with Crippen molar-refractivity contribution in [3.05, 3.63) is 61.5 Å². The van der Waals surface area contributed by atoms with Gasteiger partial charge in [-0.25, -0.2) is 13.6 Å². The van der Waals surface area contributed by atoms with E-state index in [0.717, 1.165) is 37.7 Å². The van der Waals surface area contributed by atoms with E-state index in [1.165, 1.54) is 10.6 Å². The fourth-order valence-corrected chi connectivity index (χ4v) is 4.30. The first-order chi connectivity index (χ1) is 13.0. The van der Waals surface area contributed by atoms with Crippen molar-refractivity contribution in [1.82, 2.24) is 9.55 Å². The van der Waals surface area contributed by atoms with Gasteiger partial charge in [0, 0.05) is 18.0 Å². The van der Waals surface area contributed by atoms with Crippen molar-refractivity contribution >= 4 is 5.82 Å². The van der Waals surface area contributed by atoms with Gasteiger partial charge in [0.05, 0.1) is 11.6 Å². The number of alkyl halides is 1. The molecule has 1 aliphatic carbocycles. The van der Waals surface area contributed by atoms with Crippen molar-refractivity contribution in [1.29, 1.82) is 0 Å². The molecule has 2 aliphatic rings. The topological polar surface area (TPSA) is 66.9 Å². The average Bonchev–Trinajstić information content (AvgIpc) is 2.65. The van der Waals surface area contributed by atoms with Crippen LogP contribution in [0.3, 0.4) is 0 Å². The van der Waals surface area contributed by atoms with Crippen LogP contribution in [-0.2, 0) is 6.42 Å². The lowest BCUT2D eigenvalue weighted by Gasteiger charge is -2.31. The minimum Gasteiger partial charge on any atom is -0.361 e. The van der Waals surface area contributed by atoms with Crippen LogP contribution in [-0.4, -0.2) is 15.7 Å². The third-order valence-corrected chi connectivity index (χ3v) is 5.72. The monoisotopic (exact) mass is 375 g/mol. The maximum Gasteiger partial charge on any atom is 0.330 e. The van der Waals surface area contributed by atoms with Crippen LogP contribution in [0.5, 0.6) is 0 Å². The van der Waals surface area contributed by atoms with Gasteiger partial charge in [-0.1, -0.05) is 37.0 Å². The number of H-pyrrole nitrogens is 1. The van der Waals surface area contributed by atoms with Crippen molar-refractivity contribution < 1.29 is 8.78 Å². The molecule has 1 aromatic heterocycles. The maximum absolute atomic E-state index is 14.9. The molecule has 1 aromatic carbocycles. The number of aromatic nitrogens is 2. The molecule has 1 saturated carbocycles. The van der Waals surface area contributed by atoms with Gasteiger partial charge in [-0.3, -0.25) is 14.3 Å². The molecule has 7 heteroatoms. The molecule has 4 rings (SSSR count). The van der Waals surface area contributed by atoms with Crippen molar-refractivity contribution in [3.8, 4) is 0 Å². The number of benzene rings is 1. The van der Waals surface area contributed by atoms with Crippen LogP contribution >= 0.6 is 0 Å². The van der Waals surface area contributed by atoms with E-state index in [9.17, 15) is 18.4 Å². The zero-order chi connectivity index (χ0) is 19.1. The maximum atomic E-state index is 14.9. The Bertz CT molecular complexity index is 976. The number of aromatic amines is 1. The predicted octanol–water partition coefficient (Wildman–Crippen LogP) is 3.54. The molecule has 0 amide bonds. The quantitative estimate of drug-likeness (QED) is 0.844. The number of fused-ring (bicyclic) bond motifs is 1. The lowest BCUT2D eigenvalue weighted by molar-refractivity contribution is 0.277. The molecule has 0 saturated heterocycles. The molecule has 0 bridgehead atoms. The molecule has 1 aliphatic heterocycles. The summed E-state index contributed by atoms with van der Waals surface area (Å²) in [6.45, 7) is 1.80. The molecular weight excluding hydrogens is 352 g/mol. The first kappa shape index (κ1) is 17.9. The summed E-state index contributed by atoms with van der Waals surface area (Å²) < 4.78 is 30.4. The van der Waals surface area contributed by atoms with E-state index in [1.807, 2.05) is 0 Å². The Hall–Kier alpha value is -2.44. The summed E-state index contributed by atoms with van der Waals surface area (Å²) in [7, 11) is 0. The zero-order valence-electron chi connectivity index (χ0n) is 15.2. The Morgan fingerprint density at radius 3 is 2.63 bits per heavy atom. The fraction of sp³-hybridized carbons (Fsp3) is 0.500. The summed E-state index contributed by atoms with van der Waals surface area (Å²) >= 11 is 0. The average molecular weight is 375 g/mol. The molecule has 27 heavy (non-hydrogen) atoms. The molecule has 5 nitrogen and oxygen atoms in total. The molecule has 2 aromatic rings. The first-order valence-electron chi connectivity index (χ1n) is 9.50. The third-order valence-electron chi connectivity index (χ3n) is 5.72. The van der Waals surface area contributed by atoms with Crippen molar-refractivity contribution in [2.75, 3.05) is 5.32 Å². The second kappa shape index (κ2) is 6.94. The van der Waals surface area contributed by atoms with Crippen LogP contribution in [0.4, 0.5) is 14.6 Å². The highest BCUT2D eigenvalue weighted by Gasteiger charge is 2.34. The van der Waals surface area contributed by atoms with Gasteiger partial charge in [0.15, 0.2) is 0 Å². The van der Waals surface area contributed by atoms with Crippen molar-refractivity contribution in [2.24, 2.45) is 0 Å². The van der Waals surface area contributed by atoms with Crippen LogP contribution in [0.15, 0.2) is 27.8 Å². The number of rotatable bonds is 2. The third kappa shape index (κ3) is 3.19. The Morgan fingerprint density at radius 1 is 1.15 bits per heavy atom. The number of anilines is 1. The molecule has 0 radical (unpaired) electrons. The highest BCUT2D eigenvalue weighted by molar-refractivity contribution is 5.49. The van der Waals surface area contributed by atoms with Crippen molar-refractivity contribution in [2.45, 2.75) is 63.7 Å². The van der Waals surface area contributed by atoms with E-state index in [-0.39, 0.29) is 29.4 Å². The Kier molecular flexibility index (Phi) is 4.61. The molecule has 0 spiro atoms. The number of nitrogens with one attached hydrogen (secondary N) is 2. The minimum absolute atomic E-state index is 0.134. The van der Waals surface area contributed by atoms with Gasteiger partial charge in [-0.2, -0.15) is 0 Å². The molecule has 1 fully saturated rings. The summed E-state index contributed by atoms with van der Waals surface area (Å²) in [5.74, 6) is -0.307. The van der Waals surface area contributed by atoms with Gasteiger partial charge < -0.3 is 5.32 Å². The zero-order valence-corrected chi connectivity index (χ0v) is 15.2. The van der Waals surface area contributed by atoms with Crippen LogP contribution < -0.4 is 16.6 Å². The lowest BCUT2D eigenvalue weighted by atomic mass is 9.92. The van der Waals surface area contributed by atoms with Crippen LogP contribution in [0.25, 0.3) is 0 Å². The Labute approximate surface area is 155 Å². The van der Waals surface area contributed by atoms with Gasteiger partial charge in [-0.15, -0.1) is 0 Å². The van der Waals surface area contributed by atoms with Crippen LogP contribution in [0.1, 0.15) is 60.9 Å². The minimum atomic E-state index is -1.47. The standard InChI is InChI=1S/C20H23F2N3O2/c1-11-7-8-15(21)13(9-11)17-16(22)10-14-18(23-17)24-20(27)25(19(14)26)12-5-3-2-4-6-12/h7-9,12,16-17,23H,2-6,10H2,1H3,(H,24,27)/t16-,17+/m1/s1. The summed E-state index contributed by atoms with van der Waals surface area (Å²) in [4.78, 5) is 28.2. The van der Waals surface area contributed by atoms with Gasteiger partial charge in [0.1, 0.15) is 17.8 Å². The smallest absolute Gasteiger partial charge is 0.330 e. The first-order valence-corrected chi connectivity index (χ1v) is 9.50. The van der Waals surface area contributed by atoms with E-state index in [2.05, 4.69) is 10.3 Å². The van der Waals surface area contributed by atoms with Gasteiger partial charge in [0.2, 0.25) is 0 Å². The highest BCUT2D eigenvalue weighted by Crippen LogP contribution is 2.34. The van der Waals surface area contributed by atoms with Gasteiger partial charge in [0.25, 0.3) is 5.56 Å². The number of hydrogen-bond donors (Lipinski definition) is 2. The fourth-order valence-electron chi connectivity index (χ4n) is 4.30. The molecule has 2 heterocycles. The molecular formula is C20H23F2N3O2. The summed E-state index contributed by atoms with van der Waals surface area (Å²) in [5, 5.41) is 2.86. The second-order valence-corrected chi connectivity index (χ2v) is 7.62. The van der Waals surface area contributed by atoms with E-state index >= 15 is 0 Å².